The van der Waals surface area contributed by atoms with Crippen LogP contribution < -0.4 is 4.83 Å². The molecule has 1 fully saturated rings. The van der Waals surface area contributed by atoms with Crippen LogP contribution in [0.1, 0.15) is 47.7 Å². The number of aromatic nitrogens is 2. The van der Waals surface area contributed by atoms with Gasteiger partial charge in [0.15, 0.2) is 5.82 Å². The molecule has 0 amide bonds. The minimum absolute atomic E-state index is 0.0720. The predicted octanol–water partition coefficient (Wildman–Crippen LogP) is 5.15. The van der Waals surface area contributed by atoms with E-state index in [9.17, 15) is 21.6 Å². The maximum atomic E-state index is 14.9. The van der Waals surface area contributed by atoms with Crippen molar-refractivity contribution in [1.82, 2.24) is 19.6 Å². The van der Waals surface area contributed by atoms with Crippen LogP contribution in [0.4, 0.5) is 13.2 Å². The quantitative estimate of drug-likeness (QED) is 0.442. The van der Waals surface area contributed by atoms with Gasteiger partial charge in [-0.15, -0.1) is 4.83 Å². The van der Waals surface area contributed by atoms with Crippen LogP contribution in [0.25, 0.3) is 11.8 Å². The van der Waals surface area contributed by atoms with E-state index < -0.39 is 21.7 Å². The Bertz CT molecular complexity index is 1420. The van der Waals surface area contributed by atoms with Gasteiger partial charge in [-0.2, -0.15) is 16.9 Å². The lowest BCUT2D eigenvalue weighted by atomic mass is 9.94. The molecule has 0 spiro atoms. The van der Waals surface area contributed by atoms with Crippen LogP contribution in [0, 0.1) is 17.5 Å². The summed E-state index contributed by atoms with van der Waals surface area (Å²) in [6.45, 7) is 1.30. The normalized spacial score (nSPS) is 18.8. The molecule has 2 aromatic carbocycles. The lowest BCUT2D eigenvalue weighted by Gasteiger charge is -2.25. The number of hydrazine groups is 1. The number of nitrogens with one attached hydrogen (secondary N) is 1. The summed E-state index contributed by atoms with van der Waals surface area (Å²) in [6, 6.07) is 9.61. The number of thioether (sulfide) groups is 1. The SMILES string of the molecule is O=S(=O)(C=Cc1nn(-c2ccc(F)cc2F)c2c1CSCC2Cc1cccc(F)c1)NN1CCCCC1. The molecule has 196 valence electrons. The number of benzene rings is 2. The molecule has 1 N–H and O–H groups in total. The van der Waals surface area contributed by atoms with Crippen molar-refractivity contribution >= 4 is 27.9 Å². The molecule has 1 saturated heterocycles. The molecule has 5 rings (SSSR count). The zero-order chi connectivity index (χ0) is 26.0. The van der Waals surface area contributed by atoms with Crippen LogP contribution in [0.3, 0.4) is 0 Å². The van der Waals surface area contributed by atoms with Crippen molar-refractivity contribution in [1.29, 1.82) is 0 Å². The fourth-order valence-corrected chi connectivity index (χ4v) is 6.94. The second-order valence-corrected chi connectivity index (χ2v) is 11.9. The standard InChI is InChI=1S/C26H27F3N4O2S2/c27-20-6-4-5-18(14-20)13-19-16-36-17-22-24(9-12-37(34,35)31-32-10-2-1-3-11-32)30-33(26(19)22)25-8-7-21(28)15-23(25)29/h4-9,12,14-15,19,31H,1-3,10-11,13,16-17H2. The van der Waals surface area contributed by atoms with Gasteiger partial charge in [0.25, 0.3) is 0 Å². The second kappa shape index (κ2) is 11.0. The molecule has 3 aromatic rings. The second-order valence-electron chi connectivity index (χ2n) is 9.29. The molecule has 2 aliphatic heterocycles. The van der Waals surface area contributed by atoms with Crippen LogP contribution in [0.2, 0.25) is 0 Å². The van der Waals surface area contributed by atoms with Crippen LogP contribution >= 0.6 is 11.8 Å². The van der Waals surface area contributed by atoms with E-state index in [-0.39, 0.29) is 17.4 Å². The molecule has 0 bridgehead atoms. The molecule has 6 nitrogen and oxygen atoms in total. The van der Waals surface area contributed by atoms with Gasteiger partial charge in [-0.3, -0.25) is 0 Å². The lowest BCUT2D eigenvalue weighted by molar-refractivity contribution is 0.201. The third-order valence-electron chi connectivity index (χ3n) is 6.53. The van der Waals surface area contributed by atoms with Crippen molar-refractivity contribution in [2.24, 2.45) is 0 Å². The molecule has 37 heavy (non-hydrogen) atoms. The Morgan fingerprint density at radius 3 is 2.59 bits per heavy atom. The number of piperidine rings is 1. The summed E-state index contributed by atoms with van der Waals surface area (Å²) < 4.78 is 69.3. The Balaban J connectivity index is 1.53. The molecular formula is C26H27F3N4O2S2. The number of hydrogen-bond donors (Lipinski definition) is 1. The molecular weight excluding hydrogens is 521 g/mol. The maximum absolute atomic E-state index is 14.9. The van der Waals surface area contributed by atoms with Crippen molar-refractivity contribution in [3.63, 3.8) is 0 Å². The zero-order valence-electron chi connectivity index (χ0n) is 20.0. The molecule has 0 aliphatic carbocycles. The first kappa shape index (κ1) is 26.0. The molecule has 0 saturated carbocycles. The number of halogens is 3. The Morgan fingerprint density at radius 1 is 1.05 bits per heavy atom. The number of fused-ring (bicyclic) bond motifs is 1. The number of rotatable bonds is 7. The third kappa shape index (κ3) is 6.11. The third-order valence-corrected chi connectivity index (χ3v) is 8.67. The number of nitrogens with zero attached hydrogens (tertiary/aromatic N) is 3. The van der Waals surface area contributed by atoms with Crippen molar-refractivity contribution in [2.75, 3.05) is 18.8 Å². The van der Waals surface area contributed by atoms with E-state index in [2.05, 4.69) is 9.93 Å². The fraction of sp³-hybridized carbons (Fsp3) is 0.346. The molecule has 3 heterocycles. The van der Waals surface area contributed by atoms with Gasteiger partial charge in [0, 0.05) is 47.6 Å². The predicted molar refractivity (Wildman–Crippen MR) is 139 cm³/mol. The maximum Gasteiger partial charge on any atom is 0.246 e. The van der Waals surface area contributed by atoms with E-state index in [0.29, 0.717) is 36.7 Å². The summed E-state index contributed by atoms with van der Waals surface area (Å²) in [6.07, 6.45) is 4.85. The summed E-state index contributed by atoms with van der Waals surface area (Å²) in [7, 11) is -3.77. The van der Waals surface area contributed by atoms with E-state index in [4.69, 9.17) is 0 Å². The van der Waals surface area contributed by atoms with Gasteiger partial charge in [0.2, 0.25) is 10.0 Å². The van der Waals surface area contributed by atoms with Crippen LogP contribution in [0.15, 0.2) is 47.9 Å². The van der Waals surface area contributed by atoms with Crippen LogP contribution in [-0.4, -0.2) is 42.0 Å². The Morgan fingerprint density at radius 2 is 1.84 bits per heavy atom. The summed E-state index contributed by atoms with van der Waals surface area (Å²) in [5, 5.41) is 7.36. The average molecular weight is 549 g/mol. The van der Waals surface area contributed by atoms with Crippen molar-refractivity contribution in [3.05, 3.63) is 87.8 Å². The van der Waals surface area contributed by atoms with Crippen molar-refractivity contribution in [3.8, 4) is 5.69 Å². The average Bonchev–Trinajstić information content (AvgIpc) is 3.23. The molecule has 0 radical (unpaired) electrons. The van der Waals surface area contributed by atoms with Crippen LogP contribution in [-0.2, 0) is 22.2 Å². The Labute approximate surface area is 218 Å². The molecule has 1 aromatic heterocycles. The van der Waals surface area contributed by atoms with Gasteiger partial charge >= 0.3 is 0 Å². The van der Waals surface area contributed by atoms with E-state index >= 15 is 0 Å². The van der Waals surface area contributed by atoms with Crippen molar-refractivity contribution < 1.29 is 21.6 Å². The molecule has 1 atom stereocenters. The first-order valence-electron chi connectivity index (χ1n) is 12.1. The zero-order valence-corrected chi connectivity index (χ0v) is 21.7. The molecule has 2 aliphatic rings. The lowest BCUT2D eigenvalue weighted by Crippen LogP contribution is -2.44. The highest BCUT2D eigenvalue weighted by Crippen LogP contribution is 2.39. The van der Waals surface area contributed by atoms with Gasteiger partial charge in [0.05, 0.1) is 11.4 Å². The first-order valence-corrected chi connectivity index (χ1v) is 14.8. The number of hydrogen-bond acceptors (Lipinski definition) is 5. The van der Waals surface area contributed by atoms with Crippen LogP contribution in [0.5, 0.6) is 0 Å². The summed E-state index contributed by atoms with van der Waals surface area (Å²) in [5.74, 6) is -0.716. The highest BCUT2D eigenvalue weighted by molar-refractivity contribution is 7.98. The molecule has 11 heteroatoms. The monoisotopic (exact) mass is 548 g/mol. The topological polar surface area (TPSA) is 67.2 Å². The highest BCUT2D eigenvalue weighted by atomic mass is 32.2. The van der Waals surface area contributed by atoms with Gasteiger partial charge in [0.1, 0.15) is 17.3 Å². The largest absolute Gasteiger partial charge is 0.246 e. The van der Waals surface area contributed by atoms with E-state index in [1.807, 2.05) is 6.07 Å². The summed E-state index contributed by atoms with van der Waals surface area (Å²) in [4.78, 5) is 2.59. The van der Waals surface area contributed by atoms with Gasteiger partial charge in [-0.1, -0.05) is 18.6 Å². The Hall–Kier alpha value is -2.60. The van der Waals surface area contributed by atoms with Gasteiger partial charge in [-0.05, 0) is 55.2 Å². The fourth-order valence-electron chi connectivity index (χ4n) is 4.85. The molecule has 1 unspecified atom stereocenters. The minimum Gasteiger partial charge on any atom is -0.234 e. The smallest absolute Gasteiger partial charge is 0.234 e. The van der Waals surface area contributed by atoms with E-state index in [0.717, 1.165) is 53.6 Å². The minimum atomic E-state index is -3.77. The van der Waals surface area contributed by atoms with Gasteiger partial charge in [-0.25, -0.2) is 31.3 Å². The number of sulfonamides is 1. The van der Waals surface area contributed by atoms with Gasteiger partial charge < -0.3 is 0 Å². The summed E-state index contributed by atoms with van der Waals surface area (Å²) in [5.41, 5.74) is 2.76. The first-order chi connectivity index (χ1) is 17.8. The van der Waals surface area contributed by atoms with Crippen molar-refractivity contribution in [2.45, 2.75) is 37.4 Å². The van der Waals surface area contributed by atoms with E-state index in [1.165, 1.54) is 29.0 Å². The van der Waals surface area contributed by atoms with E-state index in [1.54, 1.807) is 22.8 Å². The highest BCUT2D eigenvalue weighted by Gasteiger charge is 2.30. The Kier molecular flexibility index (Phi) is 7.75. The summed E-state index contributed by atoms with van der Waals surface area (Å²) >= 11 is 1.65.